The van der Waals surface area contributed by atoms with Gasteiger partial charge < -0.3 is 9.64 Å². The average Bonchev–Trinajstić information content (AvgIpc) is 2.58. The van der Waals surface area contributed by atoms with Crippen LogP contribution in [0.3, 0.4) is 0 Å². The van der Waals surface area contributed by atoms with E-state index in [0.29, 0.717) is 44.9 Å². The largest absolute Gasteiger partial charge is 0.416 e. The first-order valence-corrected chi connectivity index (χ1v) is 9.01. The molecular formula is C19H25F3N2O2. The second-order valence-electron chi connectivity index (χ2n) is 7.33. The molecule has 4 nitrogen and oxygen atoms in total. The molecule has 2 aliphatic rings. The Morgan fingerprint density at radius 3 is 2.42 bits per heavy atom. The molecule has 1 aliphatic heterocycles. The van der Waals surface area contributed by atoms with E-state index in [9.17, 15) is 18.0 Å². The molecule has 1 aliphatic carbocycles. The van der Waals surface area contributed by atoms with Gasteiger partial charge in [0.15, 0.2) is 0 Å². The van der Waals surface area contributed by atoms with Gasteiger partial charge >= 0.3 is 6.18 Å². The lowest BCUT2D eigenvalue weighted by Gasteiger charge is -2.45. The first-order valence-electron chi connectivity index (χ1n) is 9.01. The molecule has 144 valence electrons. The number of amides is 1. The summed E-state index contributed by atoms with van der Waals surface area (Å²) in [4.78, 5) is 16.8. The van der Waals surface area contributed by atoms with Crippen LogP contribution >= 0.6 is 0 Å². The lowest BCUT2D eigenvalue weighted by molar-refractivity contribution is -0.154. The molecule has 2 fully saturated rings. The summed E-state index contributed by atoms with van der Waals surface area (Å²) in [5.41, 5.74) is -0.317. The van der Waals surface area contributed by atoms with Gasteiger partial charge in [-0.2, -0.15) is 13.2 Å². The van der Waals surface area contributed by atoms with Crippen molar-refractivity contribution in [1.82, 2.24) is 9.80 Å². The van der Waals surface area contributed by atoms with E-state index in [4.69, 9.17) is 4.74 Å². The van der Waals surface area contributed by atoms with Gasteiger partial charge in [-0.15, -0.1) is 0 Å². The highest BCUT2D eigenvalue weighted by atomic mass is 19.4. The normalized spacial score (nSPS) is 20.7. The zero-order chi connectivity index (χ0) is 18.8. The summed E-state index contributed by atoms with van der Waals surface area (Å²) in [5.74, 6) is 0.171. The molecule has 0 unspecified atom stereocenters. The molecule has 0 bridgehead atoms. The quantitative estimate of drug-likeness (QED) is 0.798. The van der Waals surface area contributed by atoms with Crippen LogP contribution in [-0.4, -0.2) is 55.6 Å². The van der Waals surface area contributed by atoms with Gasteiger partial charge in [0.2, 0.25) is 5.91 Å². The van der Waals surface area contributed by atoms with E-state index >= 15 is 0 Å². The van der Waals surface area contributed by atoms with Gasteiger partial charge in [-0.05, 0) is 24.5 Å². The Hall–Kier alpha value is -1.60. The third-order valence-corrected chi connectivity index (χ3v) is 5.50. The maximum absolute atomic E-state index is 12.8. The summed E-state index contributed by atoms with van der Waals surface area (Å²) in [5, 5.41) is 0. The van der Waals surface area contributed by atoms with Crippen LogP contribution in [0.4, 0.5) is 13.2 Å². The highest BCUT2D eigenvalue weighted by molar-refractivity contribution is 5.84. The summed E-state index contributed by atoms with van der Waals surface area (Å²) >= 11 is 0. The summed E-state index contributed by atoms with van der Waals surface area (Å²) in [7, 11) is 1.63. The van der Waals surface area contributed by atoms with Crippen LogP contribution in [0.5, 0.6) is 0 Å². The fraction of sp³-hybridized carbons (Fsp3) is 0.632. The molecule has 0 spiro atoms. The average molecular weight is 370 g/mol. The molecule has 0 aromatic heterocycles. The van der Waals surface area contributed by atoms with Crippen LogP contribution in [0.15, 0.2) is 24.3 Å². The fourth-order valence-corrected chi connectivity index (χ4v) is 3.85. The van der Waals surface area contributed by atoms with Crippen molar-refractivity contribution in [3.05, 3.63) is 35.4 Å². The molecular weight excluding hydrogens is 345 g/mol. The minimum Gasteiger partial charge on any atom is -0.384 e. The van der Waals surface area contributed by atoms with E-state index in [-0.39, 0.29) is 11.3 Å². The number of alkyl halides is 3. The van der Waals surface area contributed by atoms with E-state index < -0.39 is 11.7 Å². The number of rotatable bonds is 5. The van der Waals surface area contributed by atoms with Gasteiger partial charge in [0.25, 0.3) is 0 Å². The lowest BCUT2D eigenvalue weighted by Crippen LogP contribution is -2.56. The minimum atomic E-state index is -4.32. The van der Waals surface area contributed by atoms with Crippen LogP contribution in [0.25, 0.3) is 0 Å². The van der Waals surface area contributed by atoms with Crippen LogP contribution in [0, 0.1) is 5.41 Å². The Labute approximate surface area is 151 Å². The van der Waals surface area contributed by atoms with Gasteiger partial charge in [0, 0.05) is 39.8 Å². The van der Waals surface area contributed by atoms with Crippen LogP contribution < -0.4 is 0 Å². The van der Waals surface area contributed by atoms with Gasteiger partial charge in [0.1, 0.15) is 0 Å². The van der Waals surface area contributed by atoms with E-state index in [1.54, 1.807) is 13.2 Å². The van der Waals surface area contributed by atoms with E-state index in [1.165, 1.54) is 12.1 Å². The molecule has 1 aromatic rings. The lowest BCUT2D eigenvalue weighted by atomic mass is 9.68. The fourth-order valence-electron chi connectivity index (χ4n) is 3.85. The molecule has 0 radical (unpaired) electrons. The van der Waals surface area contributed by atoms with Crippen molar-refractivity contribution >= 4 is 5.91 Å². The number of halogens is 3. The van der Waals surface area contributed by atoms with Crippen LogP contribution in [0.2, 0.25) is 0 Å². The predicted octanol–water partition coefficient (Wildman–Crippen LogP) is 3.17. The molecule has 1 heterocycles. The number of carbonyl (C=O) groups excluding carboxylic acids is 1. The second kappa shape index (κ2) is 7.56. The van der Waals surface area contributed by atoms with E-state index in [2.05, 4.69) is 4.90 Å². The Bertz CT molecular complexity index is 636. The Morgan fingerprint density at radius 1 is 1.19 bits per heavy atom. The Morgan fingerprint density at radius 2 is 1.88 bits per heavy atom. The molecule has 0 N–H and O–H groups in total. The number of benzene rings is 1. The summed E-state index contributed by atoms with van der Waals surface area (Å²) in [6, 6.07) is 5.46. The Kier molecular flexibility index (Phi) is 5.58. The smallest absolute Gasteiger partial charge is 0.384 e. The van der Waals surface area contributed by atoms with Crippen molar-refractivity contribution in [3.8, 4) is 0 Å². The molecule has 3 rings (SSSR count). The number of carbonyl (C=O) groups is 1. The highest BCUT2D eigenvalue weighted by Crippen LogP contribution is 2.43. The number of nitrogens with zero attached hydrogens (tertiary/aromatic N) is 2. The summed E-state index contributed by atoms with van der Waals surface area (Å²) in [6.45, 7) is 3.51. The van der Waals surface area contributed by atoms with Crippen molar-refractivity contribution in [2.24, 2.45) is 5.41 Å². The molecule has 1 amide bonds. The highest BCUT2D eigenvalue weighted by Gasteiger charge is 2.46. The van der Waals surface area contributed by atoms with Crippen molar-refractivity contribution in [2.75, 3.05) is 39.9 Å². The summed E-state index contributed by atoms with van der Waals surface area (Å²) in [6.07, 6.45) is -1.50. The monoisotopic (exact) mass is 370 g/mol. The molecule has 1 saturated carbocycles. The van der Waals surface area contributed by atoms with Crippen molar-refractivity contribution < 1.29 is 22.7 Å². The van der Waals surface area contributed by atoms with Gasteiger partial charge in [-0.25, -0.2) is 0 Å². The number of piperazine rings is 1. The zero-order valence-electron chi connectivity index (χ0n) is 15.0. The Balaban J connectivity index is 1.55. The third-order valence-electron chi connectivity index (χ3n) is 5.50. The summed E-state index contributed by atoms with van der Waals surface area (Å²) < 4.78 is 43.7. The van der Waals surface area contributed by atoms with Crippen LogP contribution in [0.1, 0.15) is 30.4 Å². The van der Waals surface area contributed by atoms with Gasteiger partial charge in [0.05, 0.1) is 17.6 Å². The first-order chi connectivity index (χ1) is 12.3. The SMILES string of the molecule is COCC1(C(=O)N2CCN(Cc3cccc(C(F)(F)F)c3)CC2)CCC1. The van der Waals surface area contributed by atoms with E-state index in [0.717, 1.165) is 25.3 Å². The van der Waals surface area contributed by atoms with E-state index in [1.807, 2.05) is 4.90 Å². The standard InChI is InChI=1S/C19H25F3N2O2/c1-26-14-18(6-3-7-18)17(25)24-10-8-23(9-11-24)13-15-4-2-5-16(12-15)19(20,21)22/h2,4-5,12H,3,6-11,13-14H2,1H3. The number of hydrogen-bond acceptors (Lipinski definition) is 3. The molecule has 1 aromatic carbocycles. The molecule has 0 atom stereocenters. The molecule has 26 heavy (non-hydrogen) atoms. The topological polar surface area (TPSA) is 32.8 Å². The first kappa shape index (κ1) is 19.2. The maximum Gasteiger partial charge on any atom is 0.416 e. The van der Waals surface area contributed by atoms with Crippen LogP contribution in [-0.2, 0) is 22.3 Å². The second-order valence-corrected chi connectivity index (χ2v) is 7.33. The van der Waals surface area contributed by atoms with Crippen molar-refractivity contribution in [1.29, 1.82) is 0 Å². The maximum atomic E-state index is 12.8. The van der Waals surface area contributed by atoms with Gasteiger partial charge in [-0.3, -0.25) is 9.69 Å². The number of methoxy groups -OCH3 is 1. The third kappa shape index (κ3) is 4.04. The predicted molar refractivity (Wildman–Crippen MR) is 91.5 cm³/mol. The molecule has 1 saturated heterocycles. The molecule has 7 heteroatoms. The number of hydrogen-bond donors (Lipinski definition) is 0. The van der Waals surface area contributed by atoms with Crippen molar-refractivity contribution in [2.45, 2.75) is 32.0 Å². The number of ether oxygens (including phenoxy) is 1. The van der Waals surface area contributed by atoms with Gasteiger partial charge in [-0.1, -0.05) is 24.6 Å². The van der Waals surface area contributed by atoms with Crippen molar-refractivity contribution in [3.63, 3.8) is 0 Å². The minimum absolute atomic E-state index is 0.171. The zero-order valence-corrected chi connectivity index (χ0v) is 15.0.